The van der Waals surface area contributed by atoms with Crippen LogP contribution in [0.2, 0.25) is 0 Å². The predicted octanol–water partition coefficient (Wildman–Crippen LogP) is 4.61. The van der Waals surface area contributed by atoms with Crippen LogP contribution < -0.4 is 5.56 Å². The molecule has 0 unspecified atom stereocenters. The molecule has 0 spiro atoms. The number of aryl methyl sites for hydroxylation is 1. The van der Waals surface area contributed by atoms with Crippen LogP contribution in [0.15, 0.2) is 79.4 Å². The van der Waals surface area contributed by atoms with Gasteiger partial charge in [0, 0.05) is 10.0 Å². The third-order valence-electron chi connectivity index (χ3n) is 3.97. The van der Waals surface area contributed by atoms with Crippen molar-refractivity contribution in [1.29, 1.82) is 0 Å². The van der Waals surface area contributed by atoms with E-state index in [-0.39, 0.29) is 5.56 Å². The summed E-state index contributed by atoms with van der Waals surface area (Å²) in [6, 6.07) is 18.8. The first kappa shape index (κ1) is 16.5. The topological polar surface area (TPSA) is 60.4 Å². The normalized spacial score (nSPS) is 11.5. The summed E-state index contributed by atoms with van der Waals surface area (Å²) in [4.78, 5) is 17.0. The molecule has 4 aromatic rings. The zero-order valence-corrected chi connectivity index (χ0v) is 15.5. The van der Waals surface area contributed by atoms with Crippen LogP contribution in [0.5, 0.6) is 0 Å². The lowest BCUT2D eigenvalue weighted by Gasteiger charge is -2.04. The van der Waals surface area contributed by atoms with Crippen LogP contribution in [-0.4, -0.2) is 15.9 Å². The summed E-state index contributed by atoms with van der Waals surface area (Å²) >= 11 is 3.41. The van der Waals surface area contributed by atoms with Crippen LogP contribution in [0.1, 0.15) is 11.6 Å². The number of aromatic nitrogens is 2. The maximum absolute atomic E-state index is 12.6. The molecule has 0 saturated carbocycles. The van der Waals surface area contributed by atoms with E-state index in [2.05, 4.69) is 26.0 Å². The molecule has 0 amide bonds. The van der Waals surface area contributed by atoms with E-state index in [1.165, 1.54) is 10.9 Å². The predicted molar refractivity (Wildman–Crippen MR) is 106 cm³/mol. The monoisotopic (exact) mass is 407 g/mol. The third-order valence-corrected chi connectivity index (χ3v) is 4.50. The van der Waals surface area contributed by atoms with Gasteiger partial charge in [-0.1, -0.05) is 40.2 Å². The summed E-state index contributed by atoms with van der Waals surface area (Å²) in [5, 5.41) is 4.79. The van der Waals surface area contributed by atoms with Crippen molar-refractivity contribution in [3.05, 3.63) is 87.1 Å². The average molecular weight is 408 g/mol. The lowest BCUT2D eigenvalue weighted by molar-refractivity contribution is 0.573. The summed E-state index contributed by atoms with van der Waals surface area (Å²) < 4.78 is 8.09. The second-order valence-corrected chi connectivity index (χ2v) is 6.66. The molecule has 0 N–H and O–H groups in total. The molecular weight excluding hydrogens is 394 g/mol. The highest BCUT2D eigenvalue weighted by Gasteiger charge is 2.07. The van der Waals surface area contributed by atoms with Gasteiger partial charge in [0.25, 0.3) is 5.56 Å². The molecule has 128 valence electrons. The van der Waals surface area contributed by atoms with E-state index >= 15 is 0 Å². The van der Waals surface area contributed by atoms with Gasteiger partial charge >= 0.3 is 0 Å². The molecule has 2 aromatic carbocycles. The number of furan rings is 1. The summed E-state index contributed by atoms with van der Waals surface area (Å²) in [6.45, 7) is 1.75. The SMILES string of the molecule is Cc1nc2ccccc2c(=O)n1/N=C\c1ccc(-c2ccc(Br)cc2)o1. The Balaban J connectivity index is 1.68. The molecule has 0 aliphatic rings. The van der Waals surface area contributed by atoms with Gasteiger partial charge < -0.3 is 4.42 Å². The van der Waals surface area contributed by atoms with Gasteiger partial charge in [0.2, 0.25) is 0 Å². The molecule has 0 atom stereocenters. The highest BCUT2D eigenvalue weighted by Crippen LogP contribution is 2.23. The number of halogens is 1. The second-order valence-electron chi connectivity index (χ2n) is 5.75. The average Bonchev–Trinajstić information content (AvgIpc) is 3.11. The Kier molecular flexibility index (Phi) is 4.26. The van der Waals surface area contributed by atoms with Crippen molar-refractivity contribution >= 4 is 33.0 Å². The summed E-state index contributed by atoms with van der Waals surface area (Å²) in [5.74, 6) is 1.81. The first-order chi connectivity index (χ1) is 12.6. The van der Waals surface area contributed by atoms with E-state index in [4.69, 9.17) is 4.42 Å². The van der Waals surface area contributed by atoms with Crippen molar-refractivity contribution in [3.8, 4) is 11.3 Å². The lowest BCUT2D eigenvalue weighted by Crippen LogP contribution is -2.20. The maximum Gasteiger partial charge on any atom is 0.282 e. The molecule has 4 rings (SSSR count). The Labute approximate surface area is 157 Å². The van der Waals surface area contributed by atoms with Crippen LogP contribution in [0.25, 0.3) is 22.2 Å². The highest BCUT2D eigenvalue weighted by molar-refractivity contribution is 9.10. The first-order valence-electron chi connectivity index (χ1n) is 8.00. The lowest BCUT2D eigenvalue weighted by atomic mass is 10.2. The van der Waals surface area contributed by atoms with Crippen LogP contribution in [-0.2, 0) is 0 Å². The summed E-state index contributed by atoms with van der Waals surface area (Å²) in [6.07, 6.45) is 1.52. The fourth-order valence-electron chi connectivity index (χ4n) is 2.68. The summed E-state index contributed by atoms with van der Waals surface area (Å²) in [7, 11) is 0. The Hall–Kier alpha value is -2.99. The Morgan fingerprint density at radius 2 is 1.85 bits per heavy atom. The Bertz CT molecular complexity index is 1170. The van der Waals surface area contributed by atoms with Gasteiger partial charge in [-0.3, -0.25) is 4.79 Å². The molecule has 0 fully saturated rings. The van der Waals surface area contributed by atoms with Crippen molar-refractivity contribution in [3.63, 3.8) is 0 Å². The number of benzene rings is 2. The minimum absolute atomic E-state index is 0.205. The zero-order chi connectivity index (χ0) is 18.1. The van der Waals surface area contributed by atoms with E-state index in [0.717, 1.165) is 15.8 Å². The summed E-state index contributed by atoms with van der Waals surface area (Å²) in [5.41, 5.74) is 1.43. The van der Waals surface area contributed by atoms with Crippen LogP contribution in [0.4, 0.5) is 0 Å². The van der Waals surface area contributed by atoms with Crippen molar-refractivity contribution in [2.45, 2.75) is 6.92 Å². The molecule has 0 aliphatic carbocycles. The van der Waals surface area contributed by atoms with Crippen LogP contribution in [0.3, 0.4) is 0 Å². The van der Waals surface area contributed by atoms with Gasteiger partial charge in [0.15, 0.2) is 0 Å². The minimum Gasteiger partial charge on any atom is -0.455 e. The molecule has 0 bridgehead atoms. The number of hydrogen-bond donors (Lipinski definition) is 0. The first-order valence-corrected chi connectivity index (χ1v) is 8.80. The number of rotatable bonds is 3. The third kappa shape index (κ3) is 3.11. The van der Waals surface area contributed by atoms with Crippen molar-refractivity contribution in [1.82, 2.24) is 9.66 Å². The molecule has 2 heterocycles. The van der Waals surface area contributed by atoms with Crippen molar-refractivity contribution in [2.75, 3.05) is 0 Å². The van der Waals surface area contributed by atoms with Crippen LogP contribution in [0, 0.1) is 6.92 Å². The molecular formula is C20H14BrN3O2. The maximum atomic E-state index is 12.6. The molecule has 0 saturated heterocycles. The number of para-hydroxylation sites is 1. The van der Waals surface area contributed by atoms with Crippen molar-refractivity contribution in [2.24, 2.45) is 5.10 Å². The second kappa shape index (κ2) is 6.72. The van der Waals surface area contributed by atoms with Gasteiger partial charge in [0.1, 0.15) is 17.3 Å². The standard InChI is InChI=1S/C20H14BrN3O2/c1-13-23-18-5-3-2-4-17(18)20(25)24(13)22-12-16-10-11-19(26-16)14-6-8-15(21)9-7-14/h2-12H,1H3/b22-12-. The van der Waals surface area contributed by atoms with Gasteiger partial charge in [-0.05, 0) is 43.3 Å². The van der Waals surface area contributed by atoms with E-state index in [0.29, 0.717) is 22.5 Å². The van der Waals surface area contributed by atoms with Gasteiger partial charge in [-0.25, -0.2) is 4.98 Å². The fourth-order valence-corrected chi connectivity index (χ4v) is 2.94. The van der Waals surface area contributed by atoms with Gasteiger partial charge in [0.05, 0.1) is 17.1 Å². The number of fused-ring (bicyclic) bond motifs is 1. The smallest absolute Gasteiger partial charge is 0.282 e. The van der Waals surface area contributed by atoms with Gasteiger partial charge in [-0.15, -0.1) is 0 Å². The van der Waals surface area contributed by atoms with Crippen LogP contribution >= 0.6 is 15.9 Å². The number of nitrogens with zero attached hydrogens (tertiary/aromatic N) is 3. The van der Waals surface area contributed by atoms with E-state index in [1.807, 2.05) is 54.6 Å². The molecule has 26 heavy (non-hydrogen) atoms. The molecule has 2 aromatic heterocycles. The fraction of sp³-hybridized carbons (Fsp3) is 0.0500. The molecule has 0 radical (unpaired) electrons. The molecule has 6 heteroatoms. The molecule has 5 nitrogen and oxygen atoms in total. The van der Waals surface area contributed by atoms with E-state index in [9.17, 15) is 4.79 Å². The highest BCUT2D eigenvalue weighted by atomic mass is 79.9. The van der Waals surface area contributed by atoms with E-state index < -0.39 is 0 Å². The Morgan fingerprint density at radius 1 is 1.08 bits per heavy atom. The largest absolute Gasteiger partial charge is 0.455 e. The molecule has 0 aliphatic heterocycles. The minimum atomic E-state index is -0.205. The van der Waals surface area contributed by atoms with Crippen molar-refractivity contribution < 1.29 is 4.42 Å². The quantitative estimate of drug-likeness (QED) is 0.465. The van der Waals surface area contributed by atoms with E-state index in [1.54, 1.807) is 13.0 Å². The number of hydrogen-bond acceptors (Lipinski definition) is 4. The Morgan fingerprint density at radius 3 is 2.65 bits per heavy atom. The zero-order valence-electron chi connectivity index (χ0n) is 13.9. The van der Waals surface area contributed by atoms with Gasteiger partial charge in [-0.2, -0.15) is 9.78 Å².